The Morgan fingerprint density at radius 2 is 2.29 bits per heavy atom. The van der Waals surface area contributed by atoms with Gasteiger partial charge in [0.2, 0.25) is 0 Å². The van der Waals surface area contributed by atoms with E-state index in [1.807, 2.05) is 6.92 Å². The molecular formula is C13H15FO3. The Hall–Kier alpha value is -1.42. The molecule has 1 fully saturated rings. The van der Waals surface area contributed by atoms with Crippen LogP contribution < -0.4 is 0 Å². The van der Waals surface area contributed by atoms with E-state index < -0.39 is 17.3 Å². The molecular weight excluding hydrogens is 223 g/mol. The number of carboxylic acid groups (broad SMARTS) is 1. The van der Waals surface area contributed by atoms with Crippen molar-refractivity contribution in [3.05, 3.63) is 35.6 Å². The average Bonchev–Trinajstić information content (AvgIpc) is 2.22. The number of hydrogen-bond donors (Lipinski definition) is 1. The molecule has 1 aromatic carbocycles. The van der Waals surface area contributed by atoms with Gasteiger partial charge in [-0.05, 0) is 24.1 Å². The number of rotatable bonds is 4. The summed E-state index contributed by atoms with van der Waals surface area (Å²) in [6, 6.07) is 6.16. The lowest BCUT2D eigenvalue weighted by Crippen LogP contribution is -2.54. The van der Waals surface area contributed by atoms with Crippen LogP contribution in [0.4, 0.5) is 4.39 Å². The van der Waals surface area contributed by atoms with Crippen LogP contribution in [0, 0.1) is 11.7 Å². The highest BCUT2D eigenvalue weighted by Gasteiger charge is 2.49. The number of carboxylic acids is 1. The van der Waals surface area contributed by atoms with Crippen LogP contribution in [-0.2, 0) is 14.9 Å². The maximum atomic E-state index is 13.2. The zero-order valence-corrected chi connectivity index (χ0v) is 9.65. The van der Waals surface area contributed by atoms with Gasteiger partial charge in [0.15, 0.2) is 0 Å². The van der Waals surface area contributed by atoms with E-state index in [4.69, 9.17) is 4.74 Å². The highest BCUT2D eigenvalue weighted by Crippen LogP contribution is 2.41. The van der Waals surface area contributed by atoms with Crippen molar-refractivity contribution < 1.29 is 19.0 Å². The fourth-order valence-electron chi connectivity index (χ4n) is 2.49. The molecule has 1 atom stereocenters. The Kier molecular flexibility index (Phi) is 3.15. The second-order valence-corrected chi connectivity index (χ2v) is 4.46. The maximum Gasteiger partial charge on any atom is 0.307 e. The third kappa shape index (κ3) is 1.93. The van der Waals surface area contributed by atoms with Gasteiger partial charge in [-0.15, -0.1) is 0 Å². The summed E-state index contributed by atoms with van der Waals surface area (Å²) in [6.07, 6.45) is 0.509. The van der Waals surface area contributed by atoms with Gasteiger partial charge >= 0.3 is 5.97 Å². The summed E-state index contributed by atoms with van der Waals surface area (Å²) >= 11 is 0. The number of halogens is 1. The van der Waals surface area contributed by atoms with Crippen LogP contribution >= 0.6 is 0 Å². The first-order valence-corrected chi connectivity index (χ1v) is 5.67. The van der Waals surface area contributed by atoms with Gasteiger partial charge in [0.1, 0.15) is 5.82 Å². The van der Waals surface area contributed by atoms with Gasteiger partial charge in [-0.2, -0.15) is 0 Å². The van der Waals surface area contributed by atoms with E-state index >= 15 is 0 Å². The van der Waals surface area contributed by atoms with Crippen LogP contribution in [0.3, 0.4) is 0 Å². The van der Waals surface area contributed by atoms with Crippen LogP contribution in [0.1, 0.15) is 18.9 Å². The molecule has 1 N–H and O–H groups in total. The van der Waals surface area contributed by atoms with Crippen LogP contribution in [0.25, 0.3) is 0 Å². The molecule has 0 bridgehead atoms. The predicted octanol–water partition coefficient (Wildman–Crippen LogP) is 2.20. The maximum absolute atomic E-state index is 13.2. The van der Waals surface area contributed by atoms with Gasteiger partial charge in [0.05, 0.1) is 24.5 Å². The molecule has 0 spiro atoms. The number of carbonyl (C=O) groups is 1. The first-order valence-electron chi connectivity index (χ1n) is 5.67. The van der Waals surface area contributed by atoms with Crippen LogP contribution in [0.2, 0.25) is 0 Å². The smallest absolute Gasteiger partial charge is 0.307 e. The lowest BCUT2D eigenvalue weighted by atomic mass is 9.67. The van der Waals surface area contributed by atoms with E-state index in [-0.39, 0.29) is 5.82 Å². The molecule has 0 saturated carbocycles. The summed E-state index contributed by atoms with van der Waals surface area (Å²) in [4.78, 5) is 11.3. The number of aliphatic carboxylic acids is 1. The molecule has 1 aliphatic rings. The molecule has 1 heterocycles. The van der Waals surface area contributed by atoms with Gasteiger partial charge in [-0.3, -0.25) is 4.79 Å². The summed E-state index contributed by atoms with van der Waals surface area (Å²) in [5, 5.41) is 9.26. The Morgan fingerprint density at radius 1 is 1.59 bits per heavy atom. The summed E-state index contributed by atoms with van der Waals surface area (Å²) in [5.41, 5.74) is 0.154. The van der Waals surface area contributed by atoms with Gasteiger partial charge < -0.3 is 9.84 Å². The molecule has 1 aliphatic heterocycles. The first-order chi connectivity index (χ1) is 8.10. The Bertz CT molecular complexity index is 426. The molecule has 0 aliphatic carbocycles. The van der Waals surface area contributed by atoms with Gasteiger partial charge in [0, 0.05) is 0 Å². The Morgan fingerprint density at radius 3 is 2.71 bits per heavy atom. The lowest BCUT2D eigenvalue weighted by Gasteiger charge is -2.45. The Balaban J connectivity index is 2.40. The fourth-order valence-corrected chi connectivity index (χ4v) is 2.49. The number of hydrogen-bond acceptors (Lipinski definition) is 2. The summed E-state index contributed by atoms with van der Waals surface area (Å²) < 4.78 is 18.4. The third-order valence-corrected chi connectivity index (χ3v) is 3.49. The summed E-state index contributed by atoms with van der Waals surface area (Å²) in [5.74, 6) is -1.72. The first kappa shape index (κ1) is 12.0. The van der Waals surface area contributed by atoms with Gasteiger partial charge in [-0.25, -0.2) is 4.39 Å². The molecule has 1 aromatic rings. The van der Waals surface area contributed by atoms with E-state index in [2.05, 4.69) is 0 Å². The average molecular weight is 238 g/mol. The normalized spacial score (nSPS) is 19.4. The minimum Gasteiger partial charge on any atom is -0.481 e. The quantitative estimate of drug-likeness (QED) is 0.874. The van der Waals surface area contributed by atoms with E-state index in [0.29, 0.717) is 19.6 Å². The van der Waals surface area contributed by atoms with Gasteiger partial charge in [-0.1, -0.05) is 19.1 Å². The number of benzene rings is 1. The van der Waals surface area contributed by atoms with Crippen LogP contribution in [0.15, 0.2) is 24.3 Å². The topological polar surface area (TPSA) is 46.5 Å². The fraction of sp³-hybridized carbons (Fsp3) is 0.462. The monoisotopic (exact) mass is 238 g/mol. The number of ether oxygens (including phenoxy) is 1. The lowest BCUT2D eigenvalue weighted by molar-refractivity contribution is -0.157. The van der Waals surface area contributed by atoms with Crippen molar-refractivity contribution in [1.82, 2.24) is 0 Å². The molecule has 3 nitrogen and oxygen atoms in total. The second-order valence-electron chi connectivity index (χ2n) is 4.46. The van der Waals surface area contributed by atoms with Crippen molar-refractivity contribution in [3.8, 4) is 0 Å². The molecule has 1 saturated heterocycles. The van der Waals surface area contributed by atoms with E-state index in [1.54, 1.807) is 12.1 Å². The molecule has 0 radical (unpaired) electrons. The largest absolute Gasteiger partial charge is 0.481 e. The van der Waals surface area contributed by atoms with Crippen molar-refractivity contribution in [2.24, 2.45) is 5.92 Å². The van der Waals surface area contributed by atoms with Crippen LogP contribution in [0.5, 0.6) is 0 Å². The molecule has 4 heteroatoms. The molecule has 1 unspecified atom stereocenters. The second kappa shape index (κ2) is 4.45. The SMILES string of the molecule is CCC(C(=O)O)C1(c2cccc(F)c2)COC1. The minimum absolute atomic E-state index is 0.339. The van der Waals surface area contributed by atoms with Crippen LogP contribution in [-0.4, -0.2) is 24.3 Å². The third-order valence-electron chi connectivity index (χ3n) is 3.49. The minimum atomic E-state index is -0.847. The highest BCUT2D eigenvalue weighted by molar-refractivity contribution is 5.73. The predicted molar refractivity (Wildman–Crippen MR) is 60.3 cm³/mol. The molecule has 2 rings (SSSR count). The van der Waals surface area contributed by atoms with Crippen molar-refractivity contribution in [1.29, 1.82) is 0 Å². The standard InChI is InChI=1S/C13H15FO3/c1-2-11(12(15)16)13(7-17-8-13)9-4-3-5-10(14)6-9/h3-6,11H,2,7-8H2,1H3,(H,15,16). The van der Waals surface area contributed by atoms with Gasteiger partial charge in [0.25, 0.3) is 0 Å². The van der Waals surface area contributed by atoms with E-state index in [9.17, 15) is 14.3 Å². The highest BCUT2D eigenvalue weighted by atomic mass is 19.1. The molecule has 92 valence electrons. The van der Waals surface area contributed by atoms with Crippen molar-refractivity contribution in [3.63, 3.8) is 0 Å². The summed E-state index contributed by atoms with van der Waals surface area (Å²) in [6.45, 7) is 2.53. The molecule has 0 aromatic heterocycles. The van der Waals surface area contributed by atoms with E-state index in [1.165, 1.54) is 12.1 Å². The Labute approximate surface area is 99.2 Å². The van der Waals surface area contributed by atoms with Crippen molar-refractivity contribution in [2.75, 3.05) is 13.2 Å². The van der Waals surface area contributed by atoms with Crippen molar-refractivity contribution in [2.45, 2.75) is 18.8 Å². The van der Waals surface area contributed by atoms with Crippen molar-refractivity contribution >= 4 is 5.97 Å². The van der Waals surface area contributed by atoms with E-state index in [0.717, 1.165) is 5.56 Å². The zero-order chi connectivity index (χ0) is 12.5. The zero-order valence-electron chi connectivity index (χ0n) is 9.65. The molecule has 17 heavy (non-hydrogen) atoms. The summed E-state index contributed by atoms with van der Waals surface area (Å²) in [7, 11) is 0. The molecule has 0 amide bonds.